The third-order valence-corrected chi connectivity index (χ3v) is 8.81. The highest BCUT2D eigenvalue weighted by Gasteiger charge is 2.17. The van der Waals surface area contributed by atoms with Crippen molar-refractivity contribution >= 4 is 53.4 Å². The first kappa shape index (κ1) is 19.5. The van der Waals surface area contributed by atoms with Gasteiger partial charge in [-0.15, -0.1) is 11.3 Å². The highest BCUT2D eigenvalue weighted by atomic mass is 32.1. The van der Waals surface area contributed by atoms with E-state index in [2.05, 4.69) is 6.07 Å². The number of aromatic nitrogens is 3. The Balaban J connectivity index is 1.34. The largest absolute Gasteiger partial charge is 0.456 e. The predicted octanol–water partition coefficient (Wildman–Crippen LogP) is 10.8. The molecule has 44 heavy (non-hydrogen) atoms. The maximum Gasteiger partial charge on any atom is 0.164 e. The van der Waals surface area contributed by atoms with Crippen molar-refractivity contribution in [2.75, 3.05) is 0 Å². The van der Waals surface area contributed by atoms with Crippen LogP contribution in [0.3, 0.4) is 0 Å². The minimum absolute atomic E-state index is 0.0181. The molecule has 0 aliphatic carbocycles. The summed E-state index contributed by atoms with van der Waals surface area (Å²) in [5.41, 5.74) is 2.28. The van der Waals surface area contributed by atoms with Crippen LogP contribution in [0, 0.1) is 0 Å². The molecule has 206 valence electrons. The molecule has 0 aliphatic heterocycles. The van der Waals surface area contributed by atoms with Gasteiger partial charge in [0.05, 0.1) is 8.22 Å². The molecule has 3 heterocycles. The summed E-state index contributed by atoms with van der Waals surface area (Å²) >= 11 is 1.66. The van der Waals surface area contributed by atoms with Gasteiger partial charge in [-0.25, -0.2) is 15.0 Å². The Kier molecular flexibility index (Phi) is 4.42. The lowest BCUT2D eigenvalue weighted by Gasteiger charge is -2.08. The van der Waals surface area contributed by atoms with Crippen LogP contribution >= 0.6 is 11.3 Å². The Morgan fingerprint density at radius 2 is 1.18 bits per heavy atom. The molecule has 0 radical (unpaired) electrons. The molecule has 5 heteroatoms. The molecule has 0 atom stereocenters. The van der Waals surface area contributed by atoms with Crippen molar-refractivity contribution in [3.63, 3.8) is 0 Å². The van der Waals surface area contributed by atoms with Crippen LogP contribution in [-0.4, -0.2) is 15.0 Å². The zero-order valence-corrected chi connectivity index (χ0v) is 23.8. The minimum Gasteiger partial charge on any atom is -0.456 e. The predicted molar refractivity (Wildman–Crippen MR) is 182 cm³/mol. The highest BCUT2D eigenvalue weighted by molar-refractivity contribution is 7.25. The van der Waals surface area contributed by atoms with E-state index in [1.165, 1.54) is 0 Å². The van der Waals surface area contributed by atoms with Crippen LogP contribution in [0.2, 0.25) is 0 Å². The first-order chi connectivity index (χ1) is 24.3. The van der Waals surface area contributed by atoms with E-state index in [0.717, 1.165) is 20.2 Å². The number of hydrogen-bond acceptors (Lipinski definition) is 5. The van der Waals surface area contributed by atoms with Crippen LogP contribution in [-0.2, 0) is 0 Å². The van der Waals surface area contributed by atoms with Gasteiger partial charge in [-0.2, -0.15) is 0 Å². The van der Waals surface area contributed by atoms with Crippen molar-refractivity contribution in [2.24, 2.45) is 0 Å². The first-order valence-electron chi connectivity index (χ1n) is 17.0. The SMILES string of the molecule is [2H]c1c([2H])c(-c2ccc3sc4ccccc4c3c2)c2c(oc3c([2H])c(-c4nc(-c5ccccc5)nc(-c5ccccc5)n4)c([2H])c([2H])c32)c1[2H]. The molecule has 0 amide bonds. The summed E-state index contributed by atoms with van der Waals surface area (Å²) in [5, 5.41) is 2.44. The topological polar surface area (TPSA) is 51.8 Å². The summed E-state index contributed by atoms with van der Waals surface area (Å²) in [6.07, 6.45) is 0. The van der Waals surface area contributed by atoms with Crippen molar-refractivity contribution in [2.45, 2.75) is 0 Å². The maximum absolute atomic E-state index is 9.38. The molecule has 0 bridgehead atoms. The lowest BCUT2D eigenvalue weighted by atomic mass is 9.97. The molecule has 0 unspecified atom stereocenters. The van der Waals surface area contributed by atoms with E-state index in [-0.39, 0.29) is 69.6 Å². The molecular formula is C39H23N3OS. The van der Waals surface area contributed by atoms with Crippen LogP contribution in [0.15, 0.2) is 144 Å². The summed E-state index contributed by atoms with van der Waals surface area (Å²) in [6.45, 7) is 0. The average Bonchev–Trinajstić information content (AvgIpc) is 3.73. The van der Waals surface area contributed by atoms with Gasteiger partial charge in [0.2, 0.25) is 0 Å². The van der Waals surface area contributed by atoms with Crippen LogP contribution in [0.5, 0.6) is 0 Å². The number of hydrogen-bond donors (Lipinski definition) is 0. The monoisotopic (exact) mass is 587 g/mol. The molecule has 9 rings (SSSR count). The van der Waals surface area contributed by atoms with Crippen LogP contribution in [0.4, 0.5) is 0 Å². The van der Waals surface area contributed by atoms with E-state index in [4.69, 9.17) is 23.5 Å². The van der Waals surface area contributed by atoms with Crippen LogP contribution in [0.25, 0.3) is 87.4 Å². The molecule has 0 fully saturated rings. The molecule has 3 aromatic heterocycles. The number of fused-ring (bicyclic) bond motifs is 6. The molecule has 0 aliphatic rings. The zero-order valence-electron chi connectivity index (χ0n) is 29.0. The second-order valence-corrected chi connectivity index (χ2v) is 11.4. The standard InChI is InChI=1S/C39H23N3OS/c1-3-10-24(11-4-1)37-40-38(25-12-5-2-6-13-25)42-39(41-37)27-18-20-30-33(23-27)43-32-16-9-15-28(36(30)32)26-19-21-35-31(22-26)29-14-7-8-17-34(29)44-35/h1-23H/i9D,15D,16D,18D,20D,23D. The van der Waals surface area contributed by atoms with Crippen molar-refractivity contribution < 1.29 is 12.6 Å². The third-order valence-electron chi connectivity index (χ3n) is 7.66. The van der Waals surface area contributed by atoms with Gasteiger partial charge in [0.15, 0.2) is 17.5 Å². The summed E-state index contributed by atoms with van der Waals surface area (Å²) in [6, 6.07) is 30.9. The Bertz CT molecular complexity index is 2780. The normalized spacial score (nSPS) is 13.5. The smallest absolute Gasteiger partial charge is 0.164 e. The van der Waals surface area contributed by atoms with Gasteiger partial charge in [0.1, 0.15) is 11.2 Å². The number of thiophene rings is 1. The fourth-order valence-electron chi connectivity index (χ4n) is 5.58. The molecule has 0 saturated carbocycles. The maximum atomic E-state index is 9.38. The number of furan rings is 1. The second kappa shape index (κ2) is 9.97. The fourth-order valence-corrected chi connectivity index (χ4v) is 6.66. The lowest BCUT2D eigenvalue weighted by Crippen LogP contribution is -2.00. The van der Waals surface area contributed by atoms with Gasteiger partial charge in [0, 0.05) is 47.6 Å². The molecule has 4 nitrogen and oxygen atoms in total. The van der Waals surface area contributed by atoms with Gasteiger partial charge < -0.3 is 4.42 Å². The summed E-state index contributed by atoms with van der Waals surface area (Å²) in [5.74, 6) is 0.718. The second-order valence-electron chi connectivity index (χ2n) is 10.4. The first-order valence-corrected chi connectivity index (χ1v) is 14.9. The van der Waals surface area contributed by atoms with Crippen molar-refractivity contribution in [1.82, 2.24) is 15.0 Å². The quantitative estimate of drug-likeness (QED) is 0.205. The zero-order chi connectivity index (χ0) is 34.3. The van der Waals surface area contributed by atoms with Gasteiger partial charge in [-0.05, 0) is 47.5 Å². The molecule has 0 saturated heterocycles. The summed E-state index contributed by atoms with van der Waals surface area (Å²) < 4.78 is 62.9. The number of nitrogens with zero attached hydrogens (tertiary/aromatic N) is 3. The Hall–Kier alpha value is -5.65. The van der Waals surface area contributed by atoms with E-state index in [1.807, 2.05) is 97.1 Å². The Labute approximate surface area is 265 Å². The summed E-state index contributed by atoms with van der Waals surface area (Å²) in [4.78, 5) is 14.1. The minimum atomic E-state index is -0.330. The molecule has 6 aromatic carbocycles. The summed E-state index contributed by atoms with van der Waals surface area (Å²) in [7, 11) is 0. The average molecular weight is 588 g/mol. The Morgan fingerprint density at radius 3 is 1.93 bits per heavy atom. The van der Waals surface area contributed by atoms with Gasteiger partial charge >= 0.3 is 0 Å². The third kappa shape index (κ3) is 4.09. The number of rotatable bonds is 4. The van der Waals surface area contributed by atoms with E-state index in [1.54, 1.807) is 11.3 Å². The molecular weight excluding hydrogens is 559 g/mol. The molecule has 0 N–H and O–H groups in total. The van der Waals surface area contributed by atoms with Gasteiger partial charge in [0.25, 0.3) is 0 Å². The van der Waals surface area contributed by atoms with Gasteiger partial charge in [-0.1, -0.05) is 103 Å². The number of benzene rings is 6. The van der Waals surface area contributed by atoms with E-state index in [0.29, 0.717) is 33.9 Å². The van der Waals surface area contributed by atoms with Crippen molar-refractivity contribution in [3.8, 4) is 45.3 Å². The fraction of sp³-hybridized carbons (Fsp3) is 0. The molecule has 0 spiro atoms. The van der Waals surface area contributed by atoms with Crippen LogP contribution in [0.1, 0.15) is 8.22 Å². The highest BCUT2D eigenvalue weighted by Crippen LogP contribution is 2.41. The van der Waals surface area contributed by atoms with Crippen LogP contribution < -0.4 is 0 Å². The van der Waals surface area contributed by atoms with E-state index in [9.17, 15) is 4.11 Å². The Morgan fingerprint density at radius 1 is 0.523 bits per heavy atom. The molecule has 9 aromatic rings. The van der Waals surface area contributed by atoms with Crippen molar-refractivity contribution in [1.29, 1.82) is 0 Å². The van der Waals surface area contributed by atoms with Gasteiger partial charge in [-0.3, -0.25) is 0 Å². The lowest BCUT2D eigenvalue weighted by molar-refractivity contribution is 0.669. The van der Waals surface area contributed by atoms with Crippen molar-refractivity contribution in [3.05, 3.63) is 139 Å². The van der Waals surface area contributed by atoms with E-state index < -0.39 is 0 Å². The van der Waals surface area contributed by atoms with E-state index >= 15 is 0 Å².